The van der Waals surface area contributed by atoms with E-state index >= 15 is 0 Å². The third kappa shape index (κ3) is 8.48. The van der Waals surface area contributed by atoms with Gasteiger partial charge in [0.25, 0.3) is 5.17 Å². The minimum Gasteiger partial charge on any atom is -0.432 e. The molecule has 0 saturated heterocycles. The minimum atomic E-state index is 0.368. The van der Waals surface area contributed by atoms with Crippen LogP contribution in [0, 0.1) is 0 Å². The van der Waals surface area contributed by atoms with E-state index in [2.05, 4.69) is 24.4 Å². The maximum absolute atomic E-state index is 5.68. The van der Waals surface area contributed by atoms with Gasteiger partial charge in [0.15, 0.2) is 0 Å². The summed E-state index contributed by atoms with van der Waals surface area (Å²) in [6.07, 6.45) is 12.0. The highest BCUT2D eigenvalue weighted by molar-refractivity contribution is 7.80. The fraction of sp³-hybridized carbons (Fsp3) is 0.435. The Bertz CT molecular complexity index is 624. The van der Waals surface area contributed by atoms with Gasteiger partial charge in [-0.3, -0.25) is 0 Å². The molecule has 140 valence electrons. The molecule has 26 heavy (non-hydrogen) atoms. The summed E-state index contributed by atoms with van der Waals surface area (Å²) in [5.74, 6) is 0.776. The maximum atomic E-state index is 5.68. The number of para-hydroxylation sites is 1. The van der Waals surface area contributed by atoms with E-state index in [-0.39, 0.29) is 0 Å². The van der Waals surface area contributed by atoms with Crippen molar-refractivity contribution in [2.45, 2.75) is 64.7 Å². The van der Waals surface area contributed by atoms with Gasteiger partial charge in [0, 0.05) is 5.69 Å². The van der Waals surface area contributed by atoms with Gasteiger partial charge in [-0.1, -0.05) is 82.2 Å². The van der Waals surface area contributed by atoms with Gasteiger partial charge < -0.3 is 10.1 Å². The Kier molecular flexibility index (Phi) is 9.81. The summed E-state index contributed by atoms with van der Waals surface area (Å²) in [7, 11) is 0. The first kappa shape index (κ1) is 20.4. The summed E-state index contributed by atoms with van der Waals surface area (Å²) in [5.41, 5.74) is 2.30. The second-order valence-corrected chi connectivity index (χ2v) is 7.12. The van der Waals surface area contributed by atoms with Crippen LogP contribution in [-0.4, -0.2) is 5.17 Å². The molecule has 0 bridgehead atoms. The van der Waals surface area contributed by atoms with Gasteiger partial charge in [0.05, 0.1) is 0 Å². The monoisotopic (exact) mass is 369 g/mol. The van der Waals surface area contributed by atoms with Crippen molar-refractivity contribution >= 4 is 23.1 Å². The van der Waals surface area contributed by atoms with Crippen LogP contribution in [0.25, 0.3) is 0 Å². The number of thiocarbonyl (C=S) groups is 1. The van der Waals surface area contributed by atoms with Crippen LogP contribution in [0.5, 0.6) is 5.75 Å². The van der Waals surface area contributed by atoms with Crippen LogP contribution < -0.4 is 10.1 Å². The first-order valence-corrected chi connectivity index (χ1v) is 10.3. The van der Waals surface area contributed by atoms with E-state index in [0.717, 1.165) is 17.9 Å². The van der Waals surface area contributed by atoms with E-state index in [9.17, 15) is 0 Å². The van der Waals surface area contributed by atoms with Crippen LogP contribution >= 0.6 is 12.2 Å². The highest BCUT2D eigenvalue weighted by atomic mass is 32.1. The zero-order valence-electron chi connectivity index (χ0n) is 15.9. The fourth-order valence-corrected chi connectivity index (χ4v) is 3.17. The molecule has 0 heterocycles. The number of aryl methyl sites for hydroxylation is 1. The zero-order valence-corrected chi connectivity index (χ0v) is 16.7. The Labute approximate surface area is 164 Å². The summed E-state index contributed by atoms with van der Waals surface area (Å²) in [4.78, 5) is 0. The molecule has 2 aromatic rings. The third-order valence-electron chi connectivity index (χ3n) is 4.47. The van der Waals surface area contributed by atoms with Gasteiger partial charge in [0.1, 0.15) is 5.75 Å². The SMILES string of the molecule is CCCCCCCCCCc1ccc(OC(=S)Nc2ccccc2)cc1. The lowest BCUT2D eigenvalue weighted by Crippen LogP contribution is -2.16. The molecule has 0 aliphatic heterocycles. The second-order valence-electron chi connectivity index (χ2n) is 6.75. The average molecular weight is 370 g/mol. The second kappa shape index (κ2) is 12.5. The number of anilines is 1. The van der Waals surface area contributed by atoms with Crippen LogP contribution in [0.4, 0.5) is 5.69 Å². The third-order valence-corrected chi connectivity index (χ3v) is 4.66. The van der Waals surface area contributed by atoms with Crippen LogP contribution in [0.1, 0.15) is 63.9 Å². The largest absolute Gasteiger partial charge is 0.432 e. The molecule has 0 atom stereocenters. The minimum absolute atomic E-state index is 0.368. The molecule has 2 rings (SSSR count). The Balaban J connectivity index is 1.62. The molecule has 0 radical (unpaired) electrons. The number of hydrogen-bond acceptors (Lipinski definition) is 2. The van der Waals surface area contributed by atoms with E-state index in [1.54, 1.807) is 0 Å². The lowest BCUT2D eigenvalue weighted by molar-refractivity contribution is 0.562. The normalized spacial score (nSPS) is 10.5. The maximum Gasteiger partial charge on any atom is 0.266 e. The predicted octanol–water partition coefficient (Wildman–Crippen LogP) is 7.15. The molecule has 0 unspecified atom stereocenters. The van der Waals surface area contributed by atoms with Crippen LogP contribution in [-0.2, 0) is 6.42 Å². The molecular weight excluding hydrogens is 338 g/mol. The van der Waals surface area contributed by atoms with Crippen LogP contribution in [0.3, 0.4) is 0 Å². The van der Waals surface area contributed by atoms with Gasteiger partial charge in [-0.25, -0.2) is 0 Å². The molecule has 0 aliphatic carbocycles. The highest BCUT2D eigenvalue weighted by Crippen LogP contribution is 2.16. The van der Waals surface area contributed by atoms with Gasteiger partial charge in [-0.15, -0.1) is 0 Å². The van der Waals surface area contributed by atoms with Crippen LogP contribution in [0.2, 0.25) is 0 Å². The van der Waals surface area contributed by atoms with Crippen molar-refractivity contribution in [3.8, 4) is 5.75 Å². The van der Waals surface area contributed by atoms with E-state index in [1.165, 1.54) is 56.9 Å². The molecule has 2 aromatic carbocycles. The topological polar surface area (TPSA) is 21.3 Å². The predicted molar refractivity (Wildman–Crippen MR) is 116 cm³/mol. The number of rotatable bonds is 11. The summed E-state index contributed by atoms with van der Waals surface area (Å²) >= 11 is 5.25. The van der Waals surface area contributed by atoms with Gasteiger partial charge >= 0.3 is 0 Å². The molecular formula is C23H31NOS. The number of ether oxygens (including phenoxy) is 1. The molecule has 0 saturated carbocycles. The Morgan fingerprint density at radius 3 is 2.08 bits per heavy atom. The van der Waals surface area contributed by atoms with Crippen molar-refractivity contribution in [1.29, 1.82) is 0 Å². The fourth-order valence-electron chi connectivity index (χ4n) is 2.96. The summed E-state index contributed by atoms with van der Waals surface area (Å²) < 4.78 is 5.68. The summed E-state index contributed by atoms with van der Waals surface area (Å²) in [6, 6.07) is 18.1. The van der Waals surface area contributed by atoms with Crippen molar-refractivity contribution in [3.63, 3.8) is 0 Å². The molecule has 0 aliphatic rings. The van der Waals surface area contributed by atoms with Gasteiger partial charge in [-0.2, -0.15) is 0 Å². The van der Waals surface area contributed by atoms with Crippen molar-refractivity contribution in [2.24, 2.45) is 0 Å². The highest BCUT2D eigenvalue weighted by Gasteiger charge is 2.02. The summed E-state index contributed by atoms with van der Waals surface area (Å²) in [5, 5.41) is 3.45. The van der Waals surface area contributed by atoms with E-state index in [4.69, 9.17) is 17.0 Å². The van der Waals surface area contributed by atoms with Crippen molar-refractivity contribution < 1.29 is 4.74 Å². The summed E-state index contributed by atoms with van der Waals surface area (Å²) in [6.45, 7) is 2.27. The lowest BCUT2D eigenvalue weighted by atomic mass is 10.0. The number of nitrogens with one attached hydrogen (secondary N) is 1. The molecule has 0 spiro atoms. The molecule has 3 heteroatoms. The molecule has 0 amide bonds. The molecule has 0 fully saturated rings. The average Bonchev–Trinajstić information content (AvgIpc) is 2.66. The first-order valence-electron chi connectivity index (χ1n) is 9.91. The quantitative estimate of drug-likeness (QED) is 0.336. The zero-order chi connectivity index (χ0) is 18.5. The Morgan fingerprint density at radius 2 is 1.42 bits per heavy atom. The first-order chi connectivity index (χ1) is 12.8. The van der Waals surface area contributed by atoms with Crippen molar-refractivity contribution in [2.75, 3.05) is 5.32 Å². The molecule has 1 N–H and O–H groups in total. The van der Waals surface area contributed by atoms with E-state index < -0.39 is 0 Å². The van der Waals surface area contributed by atoms with Crippen LogP contribution in [0.15, 0.2) is 54.6 Å². The number of unbranched alkanes of at least 4 members (excludes halogenated alkanes) is 7. The number of hydrogen-bond donors (Lipinski definition) is 1. The lowest BCUT2D eigenvalue weighted by Gasteiger charge is -2.10. The standard InChI is InChI=1S/C23H31NOS/c1-2-3-4-5-6-7-8-10-13-20-16-18-22(19-17-20)25-23(26)24-21-14-11-9-12-15-21/h9,11-12,14-19H,2-8,10,13H2,1H3,(H,24,26). The van der Waals surface area contributed by atoms with E-state index in [0.29, 0.717) is 5.17 Å². The molecule has 2 nitrogen and oxygen atoms in total. The number of benzene rings is 2. The van der Waals surface area contributed by atoms with Crippen molar-refractivity contribution in [1.82, 2.24) is 0 Å². The van der Waals surface area contributed by atoms with Gasteiger partial charge in [0.2, 0.25) is 0 Å². The van der Waals surface area contributed by atoms with Crippen molar-refractivity contribution in [3.05, 3.63) is 60.2 Å². The smallest absolute Gasteiger partial charge is 0.266 e. The Morgan fingerprint density at radius 1 is 0.808 bits per heavy atom. The molecule has 0 aromatic heterocycles. The van der Waals surface area contributed by atoms with Gasteiger partial charge in [-0.05, 0) is 54.9 Å². The Hall–Kier alpha value is -1.87. The van der Waals surface area contributed by atoms with E-state index in [1.807, 2.05) is 42.5 Å².